The Morgan fingerprint density at radius 3 is 2.19 bits per heavy atom. The number of anilines is 1. The molecule has 1 saturated heterocycles. The van der Waals surface area contributed by atoms with Crippen molar-refractivity contribution >= 4 is 37.3 Å². The molecule has 6 nitrogen and oxygen atoms in total. The van der Waals surface area contributed by atoms with E-state index in [2.05, 4.69) is 0 Å². The van der Waals surface area contributed by atoms with Gasteiger partial charge in [-0.15, -0.1) is 0 Å². The van der Waals surface area contributed by atoms with Crippen molar-refractivity contribution in [3.05, 3.63) is 52.5 Å². The van der Waals surface area contributed by atoms with Crippen LogP contribution in [0, 0.1) is 0 Å². The zero-order valence-corrected chi connectivity index (χ0v) is 18.5. The molecule has 2 aromatic rings. The third-order valence-corrected chi connectivity index (χ3v) is 9.62. The Balaban J connectivity index is 1.72. The molecule has 0 bridgehead atoms. The van der Waals surface area contributed by atoms with Crippen molar-refractivity contribution in [2.75, 3.05) is 23.9 Å². The molecule has 0 aromatic heterocycles. The van der Waals surface area contributed by atoms with Gasteiger partial charge in [-0.25, -0.2) is 16.8 Å². The van der Waals surface area contributed by atoms with Crippen LogP contribution in [-0.4, -0.2) is 40.8 Å². The maximum absolute atomic E-state index is 13.1. The maximum Gasteiger partial charge on any atom is 0.416 e. The summed E-state index contributed by atoms with van der Waals surface area (Å²) in [6, 6.07) is 6.28. The smallest absolute Gasteiger partial charge is 0.266 e. The molecule has 2 aliphatic heterocycles. The molecule has 1 fully saturated rings. The van der Waals surface area contributed by atoms with Crippen molar-refractivity contribution in [2.45, 2.75) is 35.2 Å². The number of alkyl halides is 3. The highest BCUT2D eigenvalue weighted by Crippen LogP contribution is 2.39. The van der Waals surface area contributed by atoms with Gasteiger partial charge >= 0.3 is 6.18 Å². The maximum atomic E-state index is 13.1. The van der Waals surface area contributed by atoms with Crippen molar-refractivity contribution < 1.29 is 30.0 Å². The lowest BCUT2D eigenvalue weighted by Crippen LogP contribution is -2.30. The van der Waals surface area contributed by atoms with Crippen LogP contribution in [0.4, 0.5) is 18.9 Å². The Hall–Kier alpha value is -1.82. The van der Waals surface area contributed by atoms with E-state index >= 15 is 0 Å². The molecule has 0 aliphatic carbocycles. The molecule has 12 heteroatoms. The van der Waals surface area contributed by atoms with Crippen molar-refractivity contribution in [3.8, 4) is 0 Å². The van der Waals surface area contributed by atoms with Gasteiger partial charge < -0.3 is 0 Å². The second-order valence-electron chi connectivity index (χ2n) is 7.37. The minimum Gasteiger partial charge on any atom is -0.266 e. The number of halogens is 4. The topological polar surface area (TPSA) is 74.8 Å². The number of hydrogen-bond donors (Lipinski definition) is 0. The van der Waals surface area contributed by atoms with E-state index < -0.39 is 36.7 Å². The normalized spacial score (nSPS) is 17.9. The number of sulfonamides is 2. The van der Waals surface area contributed by atoms with Gasteiger partial charge in [-0.3, -0.25) is 4.31 Å². The largest absolute Gasteiger partial charge is 0.416 e. The summed E-state index contributed by atoms with van der Waals surface area (Å²) in [6.45, 7) is 0.847. The first-order valence-electron chi connectivity index (χ1n) is 9.45. The molecule has 168 valence electrons. The van der Waals surface area contributed by atoms with Gasteiger partial charge in [-0.1, -0.05) is 11.6 Å². The van der Waals surface area contributed by atoms with Crippen molar-refractivity contribution in [3.63, 3.8) is 0 Å². The van der Waals surface area contributed by atoms with Crippen LogP contribution in [0.5, 0.6) is 0 Å². The van der Waals surface area contributed by atoms with Crippen LogP contribution >= 0.6 is 11.6 Å². The van der Waals surface area contributed by atoms with Gasteiger partial charge in [0.15, 0.2) is 0 Å². The molecular weight excluding hydrogens is 477 g/mol. The molecule has 2 heterocycles. The first-order chi connectivity index (χ1) is 14.4. The van der Waals surface area contributed by atoms with Crippen LogP contribution < -0.4 is 4.31 Å². The lowest BCUT2D eigenvalue weighted by molar-refractivity contribution is -0.137. The van der Waals surface area contributed by atoms with E-state index in [1.165, 1.54) is 22.5 Å². The Kier molecular flexibility index (Phi) is 5.52. The standard InChI is InChI=1S/C19H18ClF3N2O4S2/c20-16-5-3-14(19(21,22)23)12-18(16)31(28,29)25-10-7-13-11-15(4-6-17(13)25)30(26,27)24-8-1-2-9-24/h3-6,11-12H,1-2,7-10H2. The van der Waals surface area contributed by atoms with Gasteiger partial charge in [0.2, 0.25) is 10.0 Å². The van der Waals surface area contributed by atoms with Gasteiger partial charge in [0.05, 0.1) is 21.2 Å². The molecule has 0 radical (unpaired) electrons. The third kappa shape index (κ3) is 3.92. The van der Waals surface area contributed by atoms with Gasteiger partial charge in [-0.05, 0) is 61.2 Å². The Bertz CT molecular complexity index is 1240. The fraction of sp³-hybridized carbons (Fsp3) is 0.368. The Morgan fingerprint density at radius 2 is 1.55 bits per heavy atom. The number of fused-ring (bicyclic) bond motifs is 1. The van der Waals surface area contributed by atoms with Crippen LogP contribution in [0.25, 0.3) is 0 Å². The second kappa shape index (κ2) is 7.65. The fourth-order valence-electron chi connectivity index (χ4n) is 3.83. The summed E-state index contributed by atoms with van der Waals surface area (Å²) in [6.07, 6.45) is -2.92. The lowest BCUT2D eigenvalue weighted by Gasteiger charge is -2.21. The number of nitrogens with zero attached hydrogens (tertiary/aromatic N) is 2. The molecule has 2 aliphatic rings. The second-order valence-corrected chi connectivity index (χ2v) is 11.5. The first kappa shape index (κ1) is 22.4. The molecule has 0 amide bonds. The minimum atomic E-state index is -4.73. The minimum absolute atomic E-state index is 0.0303. The van der Waals surface area contributed by atoms with E-state index in [1.54, 1.807) is 0 Å². The third-order valence-electron chi connectivity index (χ3n) is 5.43. The predicted octanol–water partition coefficient (Wildman–Crippen LogP) is 3.89. The zero-order chi connectivity index (χ0) is 22.6. The average Bonchev–Trinajstić information content (AvgIpc) is 3.37. The van der Waals surface area contributed by atoms with Crippen LogP contribution in [0.1, 0.15) is 24.0 Å². The number of benzene rings is 2. The Labute approximate surface area is 183 Å². The van der Waals surface area contributed by atoms with Gasteiger partial charge in [-0.2, -0.15) is 17.5 Å². The average molecular weight is 495 g/mol. The molecule has 0 N–H and O–H groups in total. The first-order valence-corrected chi connectivity index (χ1v) is 12.7. The molecule has 0 spiro atoms. The summed E-state index contributed by atoms with van der Waals surface area (Å²) in [7, 11) is -8.06. The van der Waals surface area contributed by atoms with Crippen molar-refractivity contribution in [1.29, 1.82) is 0 Å². The van der Waals surface area contributed by atoms with E-state index in [0.29, 0.717) is 24.7 Å². The van der Waals surface area contributed by atoms with Crippen LogP contribution in [0.2, 0.25) is 5.02 Å². The van der Waals surface area contributed by atoms with Crippen molar-refractivity contribution in [2.24, 2.45) is 0 Å². The van der Waals surface area contributed by atoms with Gasteiger partial charge in [0.1, 0.15) is 4.90 Å². The molecule has 2 aromatic carbocycles. The lowest BCUT2D eigenvalue weighted by atomic mass is 10.2. The summed E-state index contributed by atoms with van der Waals surface area (Å²) in [4.78, 5) is -0.574. The molecule has 0 unspecified atom stereocenters. The number of hydrogen-bond acceptors (Lipinski definition) is 4. The fourth-order valence-corrected chi connectivity index (χ4v) is 7.41. The molecule has 0 atom stereocenters. The van der Waals surface area contributed by atoms with Crippen LogP contribution in [0.3, 0.4) is 0 Å². The summed E-state index contributed by atoms with van der Waals surface area (Å²) < 4.78 is 93.4. The van der Waals surface area contributed by atoms with Crippen LogP contribution in [0.15, 0.2) is 46.2 Å². The Morgan fingerprint density at radius 1 is 0.871 bits per heavy atom. The highest BCUT2D eigenvalue weighted by Gasteiger charge is 2.37. The zero-order valence-electron chi connectivity index (χ0n) is 16.1. The quantitative estimate of drug-likeness (QED) is 0.646. The van der Waals surface area contributed by atoms with Gasteiger partial charge in [0.25, 0.3) is 10.0 Å². The summed E-state index contributed by atoms with van der Waals surface area (Å²) in [5, 5.41) is -0.324. The highest BCUT2D eigenvalue weighted by molar-refractivity contribution is 7.93. The van der Waals surface area contributed by atoms with Crippen LogP contribution in [-0.2, 0) is 32.6 Å². The molecule has 31 heavy (non-hydrogen) atoms. The molecular formula is C19H18ClF3N2O4S2. The van der Waals surface area contributed by atoms with E-state index in [4.69, 9.17) is 11.6 Å². The molecule has 0 saturated carbocycles. The SMILES string of the molecule is O=S(=O)(c1ccc2c(c1)CCN2S(=O)(=O)c1cc(C(F)(F)F)ccc1Cl)N1CCCC1. The monoisotopic (exact) mass is 494 g/mol. The van der Waals surface area contributed by atoms with E-state index in [1.807, 2.05) is 0 Å². The summed E-state index contributed by atoms with van der Waals surface area (Å²) in [5.74, 6) is 0. The summed E-state index contributed by atoms with van der Waals surface area (Å²) >= 11 is 5.94. The van der Waals surface area contributed by atoms with E-state index in [-0.39, 0.29) is 28.6 Å². The molecule has 4 rings (SSSR count). The highest BCUT2D eigenvalue weighted by atomic mass is 35.5. The van der Waals surface area contributed by atoms with E-state index in [9.17, 15) is 30.0 Å². The number of rotatable bonds is 4. The summed E-state index contributed by atoms with van der Waals surface area (Å²) in [5.41, 5.74) is -0.400. The van der Waals surface area contributed by atoms with E-state index in [0.717, 1.165) is 29.3 Å². The van der Waals surface area contributed by atoms with Crippen molar-refractivity contribution in [1.82, 2.24) is 4.31 Å². The predicted molar refractivity (Wildman–Crippen MR) is 109 cm³/mol. The van der Waals surface area contributed by atoms with Gasteiger partial charge in [0, 0.05) is 19.6 Å².